The Morgan fingerprint density at radius 2 is 1.88 bits per heavy atom. The molecule has 2 saturated heterocycles. The topological polar surface area (TPSA) is 72.9 Å². The van der Waals surface area contributed by atoms with Crippen LogP contribution in [-0.4, -0.2) is 63.3 Å². The zero-order valence-corrected chi connectivity index (χ0v) is 15.8. The minimum absolute atomic E-state index is 0.0414. The van der Waals surface area contributed by atoms with Crippen LogP contribution in [0.5, 0.6) is 0 Å². The molecule has 3 rings (SSSR count). The van der Waals surface area contributed by atoms with Crippen molar-refractivity contribution in [2.24, 2.45) is 5.92 Å². The number of rotatable bonds is 7. The summed E-state index contributed by atoms with van der Waals surface area (Å²) in [5.74, 6) is -0.524. The Labute approximate surface area is 155 Å². The molecule has 1 unspecified atom stereocenters. The van der Waals surface area contributed by atoms with Gasteiger partial charge in [-0.25, -0.2) is 8.42 Å². The number of carbonyl (C=O) groups excluding carboxylic acids is 1. The molecule has 2 heterocycles. The zero-order chi connectivity index (χ0) is 18.4. The molecule has 2 aliphatic heterocycles. The number of ether oxygens (including phenoxy) is 2. The number of piperidine rings is 1. The molecule has 2 aliphatic rings. The predicted molar refractivity (Wildman–Crippen MR) is 98.4 cm³/mol. The SMILES string of the molecule is O=C(CS(=O)(=O)CCCc1ccccc1)N1CCCC(C2OCCO2)C1. The highest BCUT2D eigenvalue weighted by Gasteiger charge is 2.33. The standard InChI is InChI=1S/C19H27NO5S/c21-18(20-10-4-9-17(14-20)19-24-11-12-25-19)15-26(22,23)13-5-8-16-6-2-1-3-7-16/h1-3,6-7,17,19H,4-5,8-15H2. The molecule has 6 nitrogen and oxygen atoms in total. The maximum Gasteiger partial charge on any atom is 0.237 e. The maximum atomic E-state index is 12.5. The van der Waals surface area contributed by atoms with Gasteiger partial charge in [0.1, 0.15) is 5.75 Å². The van der Waals surface area contributed by atoms with Crippen LogP contribution in [0.25, 0.3) is 0 Å². The molecule has 1 atom stereocenters. The summed E-state index contributed by atoms with van der Waals surface area (Å²) in [5, 5.41) is 0. The number of likely N-dealkylation sites (tertiary alicyclic amines) is 1. The molecule has 0 aromatic heterocycles. The van der Waals surface area contributed by atoms with Gasteiger partial charge in [0, 0.05) is 19.0 Å². The normalized spacial score (nSPS) is 21.8. The van der Waals surface area contributed by atoms with E-state index in [1.165, 1.54) is 0 Å². The van der Waals surface area contributed by atoms with Crippen LogP contribution in [0.1, 0.15) is 24.8 Å². The molecule has 0 radical (unpaired) electrons. The first-order valence-electron chi connectivity index (χ1n) is 9.29. The highest BCUT2D eigenvalue weighted by molar-refractivity contribution is 7.92. The lowest BCUT2D eigenvalue weighted by atomic mass is 9.97. The van der Waals surface area contributed by atoms with E-state index in [-0.39, 0.29) is 23.9 Å². The molecule has 144 valence electrons. The maximum absolute atomic E-state index is 12.5. The van der Waals surface area contributed by atoms with Crippen molar-refractivity contribution in [3.8, 4) is 0 Å². The van der Waals surface area contributed by atoms with E-state index in [4.69, 9.17) is 9.47 Å². The summed E-state index contributed by atoms with van der Waals surface area (Å²) in [6.07, 6.45) is 2.78. The second kappa shape index (κ2) is 8.97. The molecular formula is C19H27NO5S. The van der Waals surface area contributed by atoms with E-state index in [2.05, 4.69) is 0 Å². The van der Waals surface area contributed by atoms with E-state index in [0.29, 0.717) is 39.1 Å². The molecule has 1 amide bonds. The zero-order valence-electron chi connectivity index (χ0n) is 15.0. The third-order valence-corrected chi connectivity index (χ3v) is 6.55. The third-order valence-electron chi connectivity index (χ3n) is 4.95. The first kappa shape index (κ1) is 19.3. The first-order valence-corrected chi connectivity index (χ1v) is 11.1. The Bertz CT molecular complexity index is 685. The van der Waals surface area contributed by atoms with Crippen LogP contribution in [0, 0.1) is 5.92 Å². The molecule has 0 bridgehead atoms. The second-order valence-electron chi connectivity index (χ2n) is 7.03. The number of hydrogen-bond acceptors (Lipinski definition) is 5. The van der Waals surface area contributed by atoms with Crippen molar-refractivity contribution < 1.29 is 22.7 Å². The van der Waals surface area contributed by atoms with Gasteiger partial charge in [-0.05, 0) is 31.2 Å². The molecule has 0 spiro atoms. The Morgan fingerprint density at radius 3 is 2.62 bits per heavy atom. The summed E-state index contributed by atoms with van der Waals surface area (Å²) < 4.78 is 35.7. The van der Waals surface area contributed by atoms with E-state index < -0.39 is 15.6 Å². The number of nitrogens with zero attached hydrogens (tertiary/aromatic N) is 1. The van der Waals surface area contributed by atoms with Crippen LogP contribution in [-0.2, 0) is 30.5 Å². The Balaban J connectivity index is 1.46. The largest absolute Gasteiger partial charge is 0.350 e. The Morgan fingerprint density at radius 1 is 1.15 bits per heavy atom. The van der Waals surface area contributed by atoms with Crippen molar-refractivity contribution in [3.05, 3.63) is 35.9 Å². The molecular weight excluding hydrogens is 354 g/mol. The highest BCUT2D eigenvalue weighted by atomic mass is 32.2. The number of carbonyl (C=O) groups is 1. The van der Waals surface area contributed by atoms with Crippen LogP contribution < -0.4 is 0 Å². The number of benzene rings is 1. The van der Waals surface area contributed by atoms with Gasteiger partial charge in [0.25, 0.3) is 0 Å². The van der Waals surface area contributed by atoms with Crippen molar-refractivity contribution in [1.29, 1.82) is 0 Å². The van der Waals surface area contributed by atoms with Crippen molar-refractivity contribution in [2.45, 2.75) is 32.0 Å². The van der Waals surface area contributed by atoms with Gasteiger partial charge in [-0.3, -0.25) is 4.79 Å². The van der Waals surface area contributed by atoms with Gasteiger partial charge >= 0.3 is 0 Å². The minimum Gasteiger partial charge on any atom is -0.350 e. The average Bonchev–Trinajstić information content (AvgIpc) is 3.17. The van der Waals surface area contributed by atoms with Gasteiger partial charge < -0.3 is 14.4 Å². The summed E-state index contributed by atoms with van der Waals surface area (Å²) in [7, 11) is -3.39. The second-order valence-corrected chi connectivity index (χ2v) is 9.22. The van der Waals surface area contributed by atoms with E-state index in [1.807, 2.05) is 30.3 Å². The van der Waals surface area contributed by atoms with Gasteiger partial charge in [-0.1, -0.05) is 30.3 Å². The number of hydrogen-bond donors (Lipinski definition) is 0. The van der Waals surface area contributed by atoms with Crippen LogP contribution >= 0.6 is 0 Å². The fraction of sp³-hybridized carbons (Fsp3) is 0.632. The van der Waals surface area contributed by atoms with E-state index in [9.17, 15) is 13.2 Å². The lowest BCUT2D eigenvalue weighted by Crippen LogP contribution is -2.46. The van der Waals surface area contributed by atoms with E-state index in [1.54, 1.807) is 4.90 Å². The van der Waals surface area contributed by atoms with Gasteiger partial charge in [0.2, 0.25) is 5.91 Å². The van der Waals surface area contributed by atoms with Gasteiger partial charge in [-0.2, -0.15) is 0 Å². The fourth-order valence-corrected chi connectivity index (χ4v) is 4.89. The fourth-order valence-electron chi connectivity index (χ4n) is 3.60. The summed E-state index contributed by atoms with van der Waals surface area (Å²) in [5.41, 5.74) is 1.12. The highest BCUT2D eigenvalue weighted by Crippen LogP contribution is 2.25. The lowest BCUT2D eigenvalue weighted by molar-refractivity contribution is -0.136. The monoisotopic (exact) mass is 381 g/mol. The minimum atomic E-state index is -3.39. The molecule has 0 aliphatic carbocycles. The average molecular weight is 381 g/mol. The molecule has 0 N–H and O–H groups in total. The van der Waals surface area contributed by atoms with Crippen LogP contribution in [0.15, 0.2) is 30.3 Å². The first-order chi connectivity index (χ1) is 12.5. The van der Waals surface area contributed by atoms with Crippen molar-refractivity contribution in [3.63, 3.8) is 0 Å². The van der Waals surface area contributed by atoms with Gasteiger partial charge in [0.15, 0.2) is 16.1 Å². The molecule has 1 aromatic rings. The number of sulfone groups is 1. The van der Waals surface area contributed by atoms with Crippen molar-refractivity contribution in [1.82, 2.24) is 4.90 Å². The van der Waals surface area contributed by atoms with E-state index in [0.717, 1.165) is 18.4 Å². The van der Waals surface area contributed by atoms with Gasteiger partial charge in [0.05, 0.1) is 19.0 Å². The molecule has 0 saturated carbocycles. The Kier molecular flexibility index (Phi) is 6.67. The number of aryl methyl sites for hydroxylation is 1. The summed E-state index contributed by atoms with van der Waals surface area (Å²) >= 11 is 0. The quantitative estimate of drug-likeness (QED) is 0.718. The summed E-state index contributed by atoms with van der Waals surface area (Å²) in [4.78, 5) is 14.1. The number of amides is 1. The smallest absolute Gasteiger partial charge is 0.237 e. The van der Waals surface area contributed by atoms with Gasteiger partial charge in [-0.15, -0.1) is 0 Å². The summed E-state index contributed by atoms with van der Waals surface area (Å²) in [6, 6.07) is 9.79. The van der Waals surface area contributed by atoms with Crippen molar-refractivity contribution in [2.75, 3.05) is 37.8 Å². The van der Waals surface area contributed by atoms with Crippen LogP contribution in [0.4, 0.5) is 0 Å². The predicted octanol–water partition coefficient (Wildman–Crippen LogP) is 1.65. The molecule has 1 aromatic carbocycles. The molecule has 26 heavy (non-hydrogen) atoms. The Hall–Kier alpha value is -1.44. The third kappa shape index (κ3) is 5.53. The van der Waals surface area contributed by atoms with Crippen LogP contribution in [0.3, 0.4) is 0 Å². The summed E-state index contributed by atoms with van der Waals surface area (Å²) in [6.45, 7) is 2.31. The molecule has 2 fully saturated rings. The van der Waals surface area contributed by atoms with Crippen LogP contribution in [0.2, 0.25) is 0 Å². The van der Waals surface area contributed by atoms with E-state index >= 15 is 0 Å². The lowest BCUT2D eigenvalue weighted by Gasteiger charge is -2.34. The van der Waals surface area contributed by atoms with Crippen molar-refractivity contribution >= 4 is 15.7 Å². The molecule has 7 heteroatoms.